The van der Waals surface area contributed by atoms with Gasteiger partial charge in [0.15, 0.2) is 0 Å². The van der Waals surface area contributed by atoms with Crippen LogP contribution in [0, 0.1) is 11.2 Å². The summed E-state index contributed by atoms with van der Waals surface area (Å²) < 4.78 is 13.1. The van der Waals surface area contributed by atoms with Crippen LogP contribution in [0.2, 0.25) is 0 Å². The Hall–Kier alpha value is -2.57. The largest absolute Gasteiger partial charge is 0.355 e. The lowest BCUT2D eigenvalue weighted by Gasteiger charge is -2.19. The summed E-state index contributed by atoms with van der Waals surface area (Å²) in [5.74, 6) is -0.230. The molecule has 0 aliphatic carbocycles. The zero-order valence-corrected chi connectivity index (χ0v) is 18.4. The van der Waals surface area contributed by atoms with Crippen LogP contribution in [0.4, 0.5) is 15.8 Å². The van der Waals surface area contributed by atoms with E-state index in [-0.39, 0.29) is 16.6 Å². The second-order valence-electron chi connectivity index (χ2n) is 8.80. The average Bonchev–Trinajstić information content (AvgIpc) is 2.59. The maximum atomic E-state index is 13.1. The SMILES string of the molecule is C=C=C(/C=C\C)C(C)(C)C.CC(C)(C)c1ccc(Nc2cccc(F)c2)cc1. The van der Waals surface area contributed by atoms with E-state index < -0.39 is 0 Å². The van der Waals surface area contributed by atoms with Crippen LogP contribution in [0.25, 0.3) is 0 Å². The molecule has 1 nitrogen and oxygen atoms in total. The van der Waals surface area contributed by atoms with Gasteiger partial charge in [-0.3, -0.25) is 0 Å². The van der Waals surface area contributed by atoms with Crippen molar-refractivity contribution in [2.45, 2.75) is 53.9 Å². The van der Waals surface area contributed by atoms with Crippen molar-refractivity contribution in [3.63, 3.8) is 0 Å². The molecule has 0 bridgehead atoms. The molecule has 0 saturated carbocycles. The third-order valence-electron chi connectivity index (χ3n) is 4.20. The molecule has 0 atom stereocenters. The van der Waals surface area contributed by atoms with Crippen LogP contribution in [-0.2, 0) is 5.41 Å². The van der Waals surface area contributed by atoms with Crippen molar-refractivity contribution in [1.82, 2.24) is 0 Å². The molecule has 0 unspecified atom stereocenters. The Kier molecular flexibility index (Phi) is 8.47. The summed E-state index contributed by atoms with van der Waals surface area (Å²) in [6.45, 7) is 18.6. The minimum Gasteiger partial charge on any atom is -0.355 e. The van der Waals surface area contributed by atoms with Gasteiger partial charge in [0, 0.05) is 11.4 Å². The van der Waals surface area contributed by atoms with Crippen LogP contribution in [0.3, 0.4) is 0 Å². The monoisotopic (exact) mass is 379 g/mol. The van der Waals surface area contributed by atoms with Gasteiger partial charge in [0.2, 0.25) is 0 Å². The van der Waals surface area contributed by atoms with Crippen LogP contribution in [0.5, 0.6) is 0 Å². The van der Waals surface area contributed by atoms with E-state index in [1.165, 1.54) is 17.7 Å². The van der Waals surface area contributed by atoms with Crippen molar-refractivity contribution < 1.29 is 4.39 Å². The number of benzene rings is 2. The summed E-state index contributed by atoms with van der Waals surface area (Å²) in [5, 5.41) is 3.18. The van der Waals surface area contributed by atoms with Gasteiger partial charge in [-0.1, -0.05) is 78.5 Å². The van der Waals surface area contributed by atoms with Crippen molar-refractivity contribution in [2.75, 3.05) is 5.32 Å². The maximum Gasteiger partial charge on any atom is 0.125 e. The van der Waals surface area contributed by atoms with E-state index in [1.54, 1.807) is 6.07 Å². The molecule has 2 rings (SSSR count). The molecule has 1 N–H and O–H groups in total. The molecule has 0 aliphatic rings. The number of anilines is 2. The van der Waals surface area contributed by atoms with Crippen LogP contribution < -0.4 is 5.32 Å². The predicted octanol–water partition coefficient (Wildman–Crippen LogP) is 8.19. The Balaban J connectivity index is 0.000000336. The number of rotatable bonds is 3. The molecule has 2 heteroatoms. The summed E-state index contributed by atoms with van der Waals surface area (Å²) in [6.07, 6.45) is 4.06. The van der Waals surface area contributed by atoms with E-state index in [2.05, 4.69) is 71.3 Å². The topological polar surface area (TPSA) is 12.0 Å². The highest BCUT2D eigenvalue weighted by Gasteiger charge is 2.13. The molecule has 0 radical (unpaired) electrons. The highest BCUT2D eigenvalue weighted by atomic mass is 19.1. The summed E-state index contributed by atoms with van der Waals surface area (Å²) in [5.41, 5.74) is 7.42. The van der Waals surface area contributed by atoms with Gasteiger partial charge in [-0.05, 0) is 59.2 Å². The van der Waals surface area contributed by atoms with Crippen molar-refractivity contribution in [3.05, 3.63) is 89.9 Å². The van der Waals surface area contributed by atoms with E-state index in [0.717, 1.165) is 16.9 Å². The Morgan fingerprint density at radius 3 is 1.96 bits per heavy atom. The van der Waals surface area contributed by atoms with E-state index in [4.69, 9.17) is 0 Å². The number of hydrogen-bond donors (Lipinski definition) is 1. The van der Waals surface area contributed by atoms with Gasteiger partial charge in [0.25, 0.3) is 0 Å². The van der Waals surface area contributed by atoms with Gasteiger partial charge in [-0.2, -0.15) is 0 Å². The molecule has 0 amide bonds. The second-order valence-corrected chi connectivity index (χ2v) is 8.80. The van der Waals surface area contributed by atoms with Gasteiger partial charge in [0.1, 0.15) is 5.82 Å². The van der Waals surface area contributed by atoms with Crippen LogP contribution in [0.1, 0.15) is 54.0 Å². The van der Waals surface area contributed by atoms with Crippen molar-refractivity contribution in [1.29, 1.82) is 0 Å². The third kappa shape index (κ3) is 7.98. The fourth-order valence-electron chi connectivity index (χ4n) is 2.53. The minimum absolute atomic E-state index is 0.150. The lowest BCUT2D eigenvalue weighted by Crippen LogP contribution is -2.10. The van der Waals surface area contributed by atoms with E-state index >= 15 is 0 Å². The molecule has 150 valence electrons. The van der Waals surface area contributed by atoms with E-state index in [1.807, 2.05) is 37.3 Å². The van der Waals surface area contributed by atoms with Crippen molar-refractivity contribution >= 4 is 11.4 Å². The lowest BCUT2D eigenvalue weighted by molar-refractivity contribution is 0.518. The van der Waals surface area contributed by atoms with Crippen LogP contribution in [0.15, 0.2) is 78.6 Å². The van der Waals surface area contributed by atoms with Gasteiger partial charge in [0.05, 0.1) is 0 Å². The minimum atomic E-state index is -0.230. The lowest BCUT2D eigenvalue weighted by atomic mass is 9.87. The zero-order valence-electron chi connectivity index (χ0n) is 18.4. The zero-order chi connectivity index (χ0) is 21.4. The first-order valence-corrected chi connectivity index (χ1v) is 9.63. The first kappa shape index (κ1) is 23.5. The Labute approximate surface area is 170 Å². The molecule has 0 aromatic heterocycles. The van der Waals surface area contributed by atoms with E-state index in [9.17, 15) is 4.39 Å². The molecule has 0 fully saturated rings. The van der Waals surface area contributed by atoms with Crippen molar-refractivity contribution in [2.24, 2.45) is 5.41 Å². The molecule has 0 aliphatic heterocycles. The molecule has 0 saturated heterocycles. The average molecular weight is 380 g/mol. The smallest absolute Gasteiger partial charge is 0.125 e. The fraction of sp³-hybridized carbons (Fsp3) is 0.346. The Bertz CT molecular complexity index is 824. The first-order valence-electron chi connectivity index (χ1n) is 9.63. The molecule has 2 aromatic carbocycles. The summed E-state index contributed by atoms with van der Waals surface area (Å²) in [6, 6.07) is 14.7. The van der Waals surface area contributed by atoms with Crippen LogP contribution >= 0.6 is 0 Å². The van der Waals surface area contributed by atoms with Gasteiger partial charge in [-0.15, -0.1) is 5.73 Å². The third-order valence-corrected chi connectivity index (χ3v) is 4.20. The Morgan fingerprint density at radius 2 is 1.57 bits per heavy atom. The number of hydrogen-bond acceptors (Lipinski definition) is 1. The number of allylic oxidation sites excluding steroid dienone is 3. The molecule has 2 aromatic rings. The summed E-state index contributed by atoms with van der Waals surface area (Å²) in [4.78, 5) is 0. The standard InChI is InChI=1S/C16H18FN.C10H16/c1-16(2,3)12-7-9-14(10-8-12)18-15-6-4-5-13(17)11-15;1-6-8-9(7-2)10(3,4)5/h4-11,18H,1-3H3;6,8H,2H2,1,3-5H3/b;8-6-. The maximum absolute atomic E-state index is 13.1. The molecular formula is C26H34FN. The number of nitrogens with one attached hydrogen (secondary N) is 1. The Morgan fingerprint density at radius 1 is 0.964 bits per heavy atom. The highest BCUT2D eigenvalue weighted by molar-refractivity contribution is 5.59. The van der Waals surface area contributed by atoms with Crippen molar-refractivity contribution in [3.8, 4) is 0 Å². The van der Waals surface area contributed by atoms with Crippen LogP contribution in [-0.4, -0.2) is 0 Å². The molecule has 0 spiro atoms. The summed E-state index contributed by atoms with van der Waals surface area (Å²) in [7, 11) is 0. The van der Waals surface area contributed by atoms with Gasteiger partial charge >= 0.3 is 0 Å². The van der Waals surface area contributed by atoms with E-state index in [0.29, 0.717) is 0 Å². The normalized spacial score (nSPS) is 11.4. The first-order chi connectivity index (χ1) is 13.0. The molecule has 28 heavy (non-hydrogen) atoms. The number of halogens is 1. The summed E-state index contributed by atoms with van der Waals surface area (Å²) >= 11 is 0. The highest BCUT2D eigenvalue weighted by Crippen LogP contribution is 2.25. The molecule has 0 heterocycles. The van der Waals surface area contributed by atoms with Gasteiger partial charge < -0.3 is 5.32 Å². The quantitative estimate of drug-likeness (QED) is 0.419. The predicted molar refractivity (Wildman–Crippen MR) is 122 cm³/mol. The van der Waals surface area contributed by atoms with Gasteiger partial charge in [-0.25, -0.2) is 4.39 Å². The second kappa shape index (κ2) is 10.1. The molecular weight excluding hydrogens is 345 g/mol. The fourth-order valence-corrected chi connectivity index (χ4v) is 2.53.